The van der Waals surface area contributed by atoms with Crippen LogP contribution >= 0.6 is 11.3 Å². The van der Waals surface area contributed by atoms with Gasteiger partial charge in [-0.1, -0.05) is 35.6 Å². The molecule has 0 radical (unpaired) electrons. The molecule has 0 saturated carbocycles. The molecule has 3 aromatic rings. The van der Waals surface area contributed by atoms with Gasteiger partial charge in [0.1, 0.15) is 17.0 Å². The number of fused-ring (bicyclic) bond motifs is 1. The van der Waals surface area contributed by atoms with Crippen molar-refractivity contribution in [1.29, 1.82) is 0 Å². The summed E-state index contributed by atoms with van der Waals surface area (Å²) in [6, 6.07) is 11.9. The third-order valence-electron chi connectivity index (χ3n) is 5.82. The Balaban J connectivity index is 1.60. The molecule has 1 saturated heterocycles. The summed E-state index contributed by atoms with van der Waals surface area (Å²) in [4.78, 5) is 22.0. The fraction of sp³-hybridized carbons (Fsp3) is 0.417. The van der Waals surface area contributed by atoms with Gasteiger partial charge in [-0.05, 0) is 37.1 Å². The van der Waals surface area contributed by atoms with Gasteiger partial charge in [-0.3, -0.25) is 14.6 Å². The van der Waals surface area contributed by atoms with Crippen molar-refractivity contribution < 1.29 is 22.7 Å². The number of ether oxygens (including phenoxy) is 2. The summed E-state index contributed by atoms with van der Waals surface area (Å²) >= 11 is 1.38. The number of benzene rings is 2. The molecule has 8 nitrogen and oxygen atoms in total. The molecular weight excluding hydrogens is 474 g/mol. The molecule has 0 bridgehead atoms. The van der Waals surface area contributed by atoms with Crippen LogP contribution in [0.15, 0.2) is 47.4 Å². The molecule has 1 amide bonds. The first-order valence-corrected chi connectivity index (χ1v) is 13.7. The molecule has 1 aliphatic heterocycles. The van der Waals surface area contributed by atoms with E-state index < -0.39 is 21.5 Å². The van der Waals surface area contributed by atoms with Gasteiger partial charge in [0.25, 0.3) is 0 Å². The maximum absolute atomic E-state index is 13.4. The number of nitrogens with zero attached hydrogens (tertiary/aromatic N) is 3. The van der Waals surface area contributed by atoms with Crippen LogP contribution in [0.4, 0.5) is 5.13 Å². The minimum Gasteiger partial charge on any atom is -0.494 e. The Morgan fingerprint density at radius 3 is 2.62 bits per heavy atom. The van der Waals surface area contributed by atoms with Crippen molar-refractivity contribution in [3.63, 3.8) is 0 Å². The normalized spacial score (nSPS) is 14.9. The van der Waals surface area contributed by atoms with Crippen LogP contribution in [0.1, 0.15) is 12.0 Å². The summed E-state index contributed by atoms with van der Waals surface area (Å²) in [6.07, 6.45) is 0.698. The second kappa shape index (κ2) is 10.8. The quantitative estimate of drug-likeness (QED) is 0.443. The van der Waals surface area contributed by atoms with Gasteiger partial charge >= 0.3 is 0 Å². The maximum Gasteiger partial charge on any atom is 0.244 e. The van der Waals surface area contributed by atoms with Crippen molar-refractivity contribution in [2.45, 2.75) is 18.2 Å². The van der Waals surface area contributed by atoms with Crippen molar-refractivity contribution in [3.05, 3.63) is 48.0 Å². The first-order chi connectivity index (χ1) is 16.4. The van der Waals surface area contributed by atoms with Gasteiger partial charge in [0.15, 0.2) is 15.0 Å². The van der Waals surface area contributed by atoms with Crippen molar-refractivity contribution in [1.82, 2.24) is 9.88 Å². The summed E-state index contributed by atoms with van der Waals surface area (Å²) < 4.78 is 37.6. The molecule has 34 heavy (non-hydrogen) atoms. The van der Waals surface area contributed by atoms with Crippen molar-refractivity contribution in [2.75, 3.05) is 57.2 Å². The van der Waals surface area contributed by atoms with Crippen LogP contribution in [0.3, 0.4) is 0 Å². The number of aryl methyl sites for hydroxylation is 1. The number of anilines is 1. The van der Waals surface area contributed by atoms with E-state index in [1.807, 2.05) is 19.1 Å². The molecule has 0 unspecified atom stereocenters. The monoisotopic (exact) mass is 503 g/mol. The molecule has 1 aromatic heterocycles. The highest BCUT2D eigenvalue weighted by atomic mass is 32.2. The number of sulfone groups is 1. The molecule has 1 fully saturated rings. The number of thiazole rings is 1. The zero-order valence-corrected chi connectivity index (χ0v) is 21.0. The lowest BCUT2D eigenvalue weighted by molar-refractivity contribution is -0.116. The number of carbonyl (C=O) groups excluding carboxylic acids is 1. The van der Waals surface area contributed by atoms with Gasteiger partial charge in [-0.2, -0.15) is 0 Å². The average Bonchev–Trinajstić information content (AvgIpc) is 3.29. The molecule has 0 spiro atoms. The molecule has 2 aromatic carbocycles. The van der Waals surface area contributed by atoms with E-state index in [4.69, 9.17) is 14.5 Å². The predicted octanol–water partition coefficient (Wildman–Crippen LogP) is 3.14. The lowest BCUT2D eigenvalue weighted by Gasteiger charge is -2.27. The number of aromatic nitrogens is 1. The van der Waals surface area contributed by atoms with Gasteiger partial charge < -0.3 is 9.47 Å². The second-order valence-corrected chi connectivity index (χ2v) is 11.2. The van der Waals surface area contributed by atoms with E-state index in [0.717, 1.165) is 29.9 Å². The molecule has 1 aliphatic rings. The largest absolute Gasteiger partial charge is 0.494 e. The zero-order chi connectivity index (χ0) is 24.1. The van der Waals surface area contributed by atoms with Crippen LogP contribution in [0.2, 0.25) is 0 Å². The van der Waals surface area contributed by atoms with Gasteiger partial charge in [0, 0.05) is 26.2 Å². The van der Waals surface area contributed by atoms with E-state index in [1.54, 1.807) is 25.3 Å². The van der Waals surface area contributed by atoms with Crippen LogP contribution in [0.5, 0.6) is 5.75 Å². The van der Waals surface area contributed by atoms with Crippen LogP contribution in [-0.2, 0) is 19.4 Å². The van der Waals surface area contributed by atoms with Gasteiger partial charge in [-0.25, -0.2) is 13.4 Å². The molecule has 2 heterocycles. The Morgan fingerprint density at radius 1 is 1.18 bits per heavy atom. The number of rotatable bonds is 9. The molecule has 4 rings (SSSR count). The average molecular weight is 504 g/mol. The number of amides is 1. The smallest absolute Gasteiger partial charge is 0.244 e. The first kappa shape index (κ1) is 24.6. The van der Waals surface area contributed by atoms with Crippen LogP contribution < -0.4 is 9.64 Å². The van der Waals surface area contributed by atoms with Crippen LogP contribution in [-0.4, -0.2) is 76.5 Å². The number of hydrogen-bond donors (Lipinski definition) is 0. The maximum atomic E-state index is 13.4. The van der Waals surface area contributed by atoms with Gasteiger partial charge in [0.2, 0.25) is 5.91 Å². The van der Waals surface area contributed by atoms with E-state index in [0.29, 0.717) is 42.6 Å². The van der Waals surface area contributed by atoms with E-state index >= 15 is 0 Å². The second-order valence-electron chi connectivity index (χ2n) is 8.18. The number of methoxy groups -OCH3 is 1. The Bertz CT molecular complexity index is 1240. The molecule has 0 atom stereocenters. The first-order valence-electron chi connectivity index (χ1n) is 11.2. The minimum atomic E-state index is -3.78. The number of hydrogen-bond acceptors (Lipinski definition) is 8. The van der Waals surface area contributed by atoms with Crippen LogP contribution in [0, 0.1) is 6.92 Å². The Morgan fingerprint density at radius 2 is 1.91 bits per heavy atom. The highest BCUT2D eigenvalue weighted by Gasteiger charge is 2.27. The zero-order valence-electron chi connectivity index (χ0n) is 19.4. The summed E-state index contributed by atoms with van der Waals surface area (Å²) in [7, 11) is -2.19. The lowest BCUT2D eigenvalue weighted by Crippen LogP contribution is -2.40. The third-order valence-corrected chi connectivity index (χ3v) is 8.65. The van der Waals surface area contributed by atoms with Gasteiger partial charge in [-0.15, -0.1) is 0 Å². The Hall–Kier alpha value is -2.53. The Kier molecular flexibility index (Phi) is 7.82. The number of carbonyl (C=O) groups is 1. The predicted molar refractivity (Wildman–Crippen MR) is 134 cm³/mol. The summed E-state index contributed by atoms with van der Waals surface area (Å²) in [5.74, 6) is -0.470. The van der Waals surface area contributed by atoms with E-state index in [9.17, 15) is 13.2 Å². The molecule has 0 aliphatic carbocycles. The molecule has 10 heteroatoms. The summed E-state index contributed by atoms with van der Waals surface area (Å²) in [6.45, 7) is 6.27. The van der Waals surface area contributed by atoms with E-state index in [1.165, 1.54) is 28.4 Å². The number of morpholine rings is 1. The lowest BCUT2D eigenvalue weighted by atomic mass is 10.2. The van der Waals surface area contributed by atoms with Crippen molar-refractivity contribution >= 4 is 42.4 Å². The highest BCUT2D eigenvalue weighted by Crippen LogP contribution is 2.36. The Labute approximate surface area is 204 Å². The third kappa shape index (κ3) is 5.57. The highest BCUT2D eigenvalue weighted by molar-refractivity contribution is 7.92. The summed E-state index contributed by atoms with van der Waals surface area (Å²) in [5.41, 5.74) is 1.71. The van der Waals surface area contributed by atoms with E-state index in [2.05, 4.69) is 4.90 Å². The SMILES string of the molecule is COc1ccc(C)c2sc(N(CCCN3CCOCC3)C(=O)CS(=O)(=O)c3ccccc3)nc12. The van der Waals surface area contributed by atoms with Crippen molar-refractivity contribution in [3.8, 4) is 5.75 Å². The molecule has 0 N–H and O–H groups in total. The van der Waals surface area contributed by atoms with E-state index in [-0.39, 0.29) is 4.90 Å². The van der Waals surface area contributed by atoms with Crippen LogP contribution in [0.25, 0.3) is 10.2 Å². The topological polar surface area (TPSA) is 89.0 Å². The standard InChI is InChI=1S/C24H29N3O5S2/c1-18-9-10-20(31-2)22-23(18)33-24(25-22)27(12-6-11-26-13-15-32-16-14-26)21(28)17-34(29,30)19-7-4-3-5-8-19/h3-5,7-10H,6,11-17H2,1-2H3. The minimum absolute atomic E-state index is 0.137. The van der Waals surface area contributed by atoms with Gasteiger partial charge in [0.05, 0.1) is 29.9 Å². The fourth-order valence-corrected chi connectivity index (χ4v) is 6.25. The fourth-order valence-electron chi connectivity index (χ4n) is 3.93. The molecule has 182 valence electrons. The van der Waals surface area contributed by atoms with Crippen molar-refractivity contribution in [2.24, 2.45) is 0 Å². The molecular formula is C24H29N3O5S2. The summed E-state index contributed by atoms with van der Waals surface area (Å²) in [5, 5.41) is 0.484.